The lowest BCUT2D eigenvalue weighted by Gasteiger charge is -2.51. The molecule has 0 radical (unpaired) electrons. The van der Waals surface area contributed by atoms with E-state index in [0.29, 0.717) is 0 Å². The van der Waals surface area contributed by atoms with Crippen LogP contribution in [0.2, 0.25) is 0 Å². The molecule has 0 saturated heterocycles. The molecule has 0 spiro atoms. The van der Waals surface area contributed by atoms with Crippen molar-refractivity contribution in [3.05, 3.63) is 89.5 Å². The second kappa shape index (κ2) is 8.61. The average molecular weight is 458 g/mol. The molecule has 2 unspecified atom stereocenters. The molecule has 0 fully saturated rings. The first-order chi connectivity index (χ1) is 15.4. The molecular weight excluding hydrogens is 417 g/mol. The highest BCUT2D eigenvalue weighted by atomic mass is 31.2. The predicted octanol–water partition coefficient (Wildman–Crippen LogP) is 8.10. The highest BCUT2D eigenvalue weighted by Gasteiger charge is 2.42. The van der Waals surface area contributed by atoms with Gasteiger partial charge in [0.25, 0.3) is 0 Å². The number of rotatable bonds is 4. The van der Waals surface area contributed by atoms with Gasteiger partial charge in [-0.1, -0.05) is 112 Å². The molecule has 0 amide bonds. The van der Waals surface area contributed by atoms with Crippen molar-refractivity contribution in [1.29, 1.82) is 0 Å². The maximum Gasteiger partial charge on any atom is 0.0587 e. The van der Waals surface area contributed by atoms with Crippen molar-refractivity contribution in [1.82, 2.24) is 4.90 Å². The van der Waals surface area contributed by atoms with Crippen molar-refractivity contribution >= 4 is 18.5 Å². The van der Waals surface area contributed by atoms with E-state index in [4.69, 9.17) is 6.30 Å². The molecule has 0 aliphatic carbocycles. The molecule has 2 atom stereocenters. The SMILES string of the molecule is C=P1(C(c2ccc(C)cc2)N(CC(C)(C)C)C(C)(C)C)Cc2ccccc2-c2ccccc21. The Kier molecular flexibility index (Phi) is 6.27. The number of hydrogen-bond donors (Lipinski definition) is 0. The summed E-state index contributed by atoms with van der Waals surface area (Å²) in [6, 6.07) is 27.3. The maximum atomic E-state index is 5.20. The minimum absolute atomic E-state index is 0.0133. The molecule has 4 rings (SSSR count). The molecule has 33 heavy (non-hydrogen) atoms. The van der Waals surface area contributed by atoms with Crippen LogP contribution in [-0.2, 0) is 6.16 Å². The van der Waals surface area contributed by atoms with Gasteiger partial charge in [0.1, 0.15) is 0 Å². The van der Waals surface area contributed by atoms with Gasteiger partial charge < -0.3 is 0 Å². The normalized spacial score (nSPS) is 19.2. The van der Waals surface area contributed by atoms with Crippen LogP contribution in [0.15, 0.2) is 72.8 Å². The van der Waals surface area contributed by atoms with Crippen LogP contribution in [-0.4, -0.2) is 23.3 Å². The van der Waals surface area contributed by atoms with Crippen LogP contribution in [0.5, 0.6) is 0 Å². The Hall–Kier alpha value is -2.08. The molecule has 3 aromatic rings. The first-order valence-electron chi connectivity index (χ1n) is 12.1. The Morgan fingerprint density at radius 2 is 1.39 bits per heavy atom. The van der Waals surface area contributed by atoms with E-state index in [9.17, 15) is 0 Å². The third kappa shape index (κ3) is 4.77. The predicted molar refractivity (Wildman–Crippen MR) is 149 cm³/mol. The lowest BCUT2D eigenvalue weighted by atomic mass is 9.92. The maximum absolute atomic E-state index is 5.20. The van der Waals surface area contributed by atoms with Crippen LogP contribution >= 0.6 is 6.89 Å². The summed E-state index contributed by atoms with van der Waals surface area (Å²) >= 11 is 0. The molecule has 0 saturated carbocycles. The van der Waals surface area contributed by atoms with Gasteiger partial charge in [-0.2, -0.15) is 0 Å². The zero-order valence-electron chi connectivity index (χ0n) is 21.5. The summed E-state index contributed by atoms with van der Waals surface area (Å²) in [6.45, 7) is 15.5. The van der Waals surface area contributed by atoms with Gasteiger partial charge in [-0.25, -0.2) is 0 Å². The van der Waals surface area contributed by atoms with Gasteiger partial charge in [-0.3, -0.25) is 4.90 Å². The number of benzene rings is 3. The third-order valence-electron chi connectivity index (χ3n) is 6.79. The summed E-state index contributed by atoms with van der Waals surface area (Å²) in [7, 11) is 0. The summed E-state index contributed by atoms with van der Waals surface area (Å²) in [5.74, 6) is 0.256. The van der Waals surface area contributed by atoms with E-state index < -0.39 is 6.89 Å². The van der Waals surface area contributed by atoms with E-state index >= 15 is 0 Å². The minimum Gasteiger partial charge on any atom is -0.287 e. The van der Waals surface area contributed by atoms with E-state index in [-0.39, 0.29) is 16.7 Å². The van der Waals surface area contributed by atoms with Crippen molar-refractivity contribution in [3.8, 4) is 11.1 Å². The fourth-order valence-electron chi connectivity index (χ4n) is 5.29. The summed E-state index contributed by atoms with van der Waals surface area (Å²) < 4.78 is 0. The molecule has 174 valence electrons. The van der Waals surface area contributed by atoms with E-state index in [1.807, 2.05) is 0 Å². The molecule has 0 aromatic heterocycles. The van der Waals surface area contributed by atoms with Crippen LogP contribution < -0.4 is 5.30 Å². The number of hydrogen-bond acceptors (Lipinski definition) is 1. The Morgan fingerprint density at radius 3 is 2.00 bits per heavy atom. The zero-order valence-corrected chi connectivity index (χ0v) is 22.4. The van der Waals surface area contributed by atoms with Crippen LogP contribution in [0.25, 0.3) is 11.1 Å². The fraction of sp³-hybridized carbons (Fsp3) is 0.387. The Bertz CT molecular complexity index is 1170. The molecule has 2 heteroatoms. The highest BCUT2D eigenvalue weighted by Crippen LogP contribution is 2.66. The molecule has 0 bridgehead atoms. The lowest BCUT2D eigenvalue weighted by molar-refractivity contribution is 0.0770. The molecular formula is C31H40NP. The van der Waals surface area contributed by atoms with Crippen molar-refractivity contribution in [2.24, 2.45) is 5.41 Å². The number of nitrogens with zero attached hydrogens (tertiary/aromatic N) is 1. The molecule has 1 nitrogen and oxygen atoms in total. The molecule has 1 aliphatic rings. The smallest absolute Gasteiger partial charge is 0.0587 e. The minimum atomic E-state index is -1.90. The first-order valence-corrected chi connectivity index (χ1v) is 14.4. The summed E-state index contributed by atoms with van der Waals surface area (Å²) in [4.78, 5) is 2.77. The van der Waals surface area contributed by atoms with Gasteiger partial charge >= 0.3 is 0 Å². The van der Waals surface area contributed by atoms with Gasteiger partial charge in [0.2, 0.25) is 0 Å². The summed E-state index contributed by atoms with van der Waals surface area (Å²) in [5, 5.41) is 1.47. The van der Waals surface area contributed by atoms with E-state index in [0.717, 1.165) is 12.7 Å². The van der Waals surface area contributed by atoms with Gasteiger partial charge in [-0.15, -0.1) is 0 Å². The standard InChI is InChI=1S/C31H40NP/c1-23-17-19-24(20-18-23)29(32(31(5,6)7)22-30(2,3)4)33(8)21-25-13-9-10-14-26(25)27-15-11-12-16-28(27)33/h9-20,29H,8,21-22H2,1-7H3. The van der Waals surface area contributed by atoms with Crippen LogP contribution in [0.4, 0.5) is 0 Å². The van der Waals surface area contributed by atoms with Crippen molar-refractivity contribution < 1.29 is 0 Å². The lowest BCUT2D eigenvalue weighted by Crippen LogP contribution is -2.48. The first kappa shape index (κ1) is 24.1. The summed E-state index contributed by atoms with van der Waals surface area (Å²) in [5.41, 5.74) is 7.11. The van der Waals surface area contributed by atoms with Crippen molar-refractivity contribution in [2.45, 2.75) is 65.9 Å². The van der Waals surface area contributed by atoms with Gasteiger partial charge in [0.15, 0.2) is 0 Å². The third-order valence-corrected chi connectivity index (χ3v) is 10.6. The number of fused-ring (bicyclic) bond motifs is 3. The highest BCUT2D eigenvalue weighted by molar-refractivity contribution is 7.80. The van der Waals surface area contributed by atoms with Gasteiger partial charge in [-0.05, 0) is 66.8 Å². The summed E-state index contributed by atoms with van der Waals surface area (Å²) in [6.07, 6.45) is 6.24. The second-order valence-electron chi connectivity index (χ2n) is 12.0. The van der Waals surface area contributed by atoms with Gasteiger partial charge in [0.05, 0.1) is 5.78 Å². The van der Waals surface area contributed by atoms with Crippen molar-refractivity contribution in [2.75, 3.05) is 6.54 Å². The second-order valence-corrected chi connectivity index (χ2v) is 15.4. The molecule has 0 N–H and O–H groups in total. The van der Waals surface area contributed by atoms with Crippen LogP contribution in [0.3, 0.4) is 0 Å². The molecule has 1 aliphatic heterocycles. The fourth-order valence-corrected chi connectivity index (χ4v) is 9.54. The van der Waals surface area contributed by atoms with Crippen LogP contribution in [0.1, 0.15) is 64.0 Å². The van der Waals surface area contributed by atoms with Gasteiger partial charge in [0, 0.05) is 12.1 Å². The Morgan fingerprint density at radius 1 is 0.818 bits per heavy atom. The number of aryl methyl sites for hydroxylation is 1. The topological polar surface area (TPSA) is 3.24 Å². The Labute approximate surface area is 201 Å². The Balaban J connectivity index is 2.00. The average Bonchev–Trinajstić information content (AvgIpc) is 2.73. The quantitative estimate of drug-likeness (QED) is 0.358. The largest absolute Gasteiger partial charge is 0.287 e. The van der Waals surface area contributed by atoms with E-state index in [2.05, 4.69) is 126 Å². The van der Waals surface area contributed by atoms with E-state index in [1.54, 1.807) is 0 Å². The van der Waals surface area contributed by atoms with Crippen LogP contribution in [0, 0.1) is 12.3 Å². The van der Waals surface area contributed by atoms with Crippen molar-refractivity contribution in [3.63, 3.8) is 0 Å². The zero-order chi connectivity index (χ0) is 24.0. The monoisotopic (exact) mass is 457 g/mol. The van der Waals surface area contributed by atoms with E-state index in [1.165, 1.54) is 33.1 Å². The molecule has 1 heterocycles. The molecule has 3 aromatic carbocycles.